The largest absolute Gasteiger partial charge is 0.356 e. The van der Waals surface area contributed by atoms with Gasteiger partial charge in [0.25, 0.3) is 0 Å². The maximum absolute atomic E-state index is 11.7. The number of halogens is 2. The fourth-order valence-electron chi connectivity index (χ4n) is 2.20. The molecule has 2 rings (SSSR count). The van der Waals surface area contributed by atoms with Crippen molar-refractivity contribution < 1.29 is 4.79 Å². The molecule has 1 amide bonds. The van der Waals surface area contributed by atoms with E-state index in [-0.39, 0.29) is 30.7 Å². The normalized spacial score (nSPS) is 17.1. The lowest BCUT2D eigenvalue weighted by atomic mass is 10.1. The van der Waals surface area contributed by atoms with Crippen molar-refractivity contribution in [3.63, 3.8) is 0 Å². The second-order valence-corrected chi connectivity index (χ2v) is 5.70. The van der Waals surface area contributed by atoms with E-state index in [1.165, 1.54) is 6.42 Å². The highest BCUT2D eigenvalue weighted by Crippen LogP contribution is 2.12. The molecule has 20 heavy (non-hydrogen) atoms. The van der Waals surface area contributed by atoms with Crippen LogP contribution in [0, 0.1) is 5.92 Å². The molecule has 1 fully saturated rings. The molecule has 0 aliphatic carbocycles. The number of hydrogen-bond acceptors (Lipinski definition) is 4. The van der Waals surface area contributed by atoms with Crippen LogP contribution in [0.1, 0.15) is 30.5 Å². The fraction of sp³-hybridized carbons (Fsp3) is 0.692. The monoisotopic (exact) mass is 339 g/mol. The zero-order chi connectivity index (χ0) is 12.8. The van der Waals surface area contributed by atoms with Crippen molar-refractivity contribution in [2.24, 2.45) is 5.92 Å². The number of rotatable bonds is 6. The van der Waals surface area contributed by atoms with Crippen LogP contribution in [0.25, 0.3) is 0 Å². The van der Waals surface area contributed by atoms with Gasteiger partial charge in [-0.15, -0.1) is 36.2 Å². The molecule has 2 heterocycles. The topological polar surface area (TPSA) is 54.0 Å². The molecule has 0 aromatic carbocycles. The first-order valence-electron chi connectivity index (χ1n) is 6.68. The van der Waals surface area contributed by atoms with Gasteiger partial charge < -0.3 is 10.6 Å². The third-order valence-corrected chi connectivity index (χ3v) is 4.32. The van der Waals surface area contributed by atoms with Gasteiger partial charge in [0.15, 0.2) is 0 Å². The Hall–Kier alpha value is -0.360. The Morgan fingerprint density at radius 1 is 1.55 bits per heavy atom. The van der Waals surface area contributed by atoms with E-state index in [4.69, 9.17) is 0 Å². The number of amides is 1. The van der Waals surface area contributed by atoms with Crippen molar-refractivity contribution in [3.8, 4) is 0 Å². The van der Waals surface area contributed by atoms with E-state index in [2.05, 4.69) is 22.5 Å². The van der Waals surface area contributed by atoms with Crippen LogP contribution in [-0.2, 0) is 17.6 Å². The summed E-state index contributed by atoms with van der Waals surface area (Å²) in [7, 11) is 0. The fourth-order valence-corrected chi connectivity index (χ4v) is 2.94. The number of nitrogens with one attached hydrogen (secondary N) is 2. The van der Waals surface area contributed by atoms with Crippen molar-refractivity contribution in [2.75, 3.05) is 19.6 Å². The minimum absolute atomic E-state index is 0. The highest BCUT2D eigenvalue weighted by atomic mass is 35.5. The minimum Gasteiger partial charge on any atom is -0.356 e. The average Bonchev–Trinajstić information content (AvgIpc) is 3.00. The minimum atomic E-state index is 0. The van der Waals surface area contributed by atoms with E-state index in [0.29, 0.717) is 6.42 Å². The van der Waals surface area contributed by atoms with Crippen LogP contribution in [0.5, 0.6) is 0 Å². The number of aromatic nitrogens is 1. The van der Waals surface area contributed by atoms with Crippen molar-refractivity contribution >= 4 is 42.1 Å². The van der Waals surface area contributed by atoms with Crippen LogP contribution in [0.4, 0.5) is 0 Å². The maximum atomic E-state index is 11.7. The Balaban J connectivity index is 0.00000180. The molecular formula is C13H23Cl2N3OS. The van der Waals surface area contributed by atoms with Gasteiger partial charge in [-0.05, 0) is 38.3 Å². The van der Waals surface area contributed by atoms with Gasteiger partial charge in [0.05, 0.1) is 17.1 Å². The summed E-state index contributed by atoms with van der Waals surface area (Å²) in [6.07, 6.45) is 3.68. The number of aryl methyl sites for hydroxylation is 1. The van der Waals surface area contributed by atoms with Gasteiger partial charge in [0, 0.05) is 11.9 Å². The Bertz CT molecular complexity index is 395. The molecule has 0 bridgehead atoms. The molecule has 1 saturated heterocycles. The Labute approximate surface area is 137 Å². The molecular weight excluding hydrogens is 317 g/mol. The second-order valence-electron chi connectivity index (χ2n) is 4.76. The van der Waals surface area contributed by atoms with E-state index in [9.17, 15) is 4.79 Å². The molecule has 1 aliphatic rings. The van der Waals surface area contributed by atoms with Gasteiger partial charge in [0.2, 0.25) is 5.91 Å². The number of nitrogens with zero attached hydrogens (tertiary/aromatic N) is 1. The van der Waals surface area contributed by atoms with E-state index >= 15 is 0 Å². The maximum Gasteiger partial charge on any atom is 0.226 e. The van der Waals surface area contributed by atoms with Crippen LogP contribution in [0.3, 0.4) is 0 Å². The highest BCUT2D eigenvalue weighted by molar-refractivity contribution is 7.09. The lowest BCUT2D eigenvalue weighted by Crippen LogP contribution is -2.27. The lowest BCUT2D eigenvalue weighted by Gasteiger charge is -2.08. The average molecular weight is 340 g/mol. The van der Waals surface area contributed by atoms with Crippen LogP contribution >= 0.6 is 36.2 Å². The van der Waals surface area contributed by atoms with Crippen molar-refractivity contribution in [1.82, 2.24) is 15.6 Å². The number of carbonyl (C=O) groups excluding carboxylic acids is 1. The number of thiazole rings is 1. The molecule has 1 atom stereocenters. The predicted molar refractivity (Wildman–Crippen MR) is 88.3 cm³/mol. The first-order chi connectivity index (χ1) is 8.78. The van der Waals surface area contributed by atoms with Crippen LogP contribution < -0.4 is 10.6 Å². The summed E-state index contributed by atoms with van der Waals surface area (Å²) in [5.41, 5.74) is 0.900. The molecule has 1 aromatic rings. The van der Waals surface area contributed by atoms with Gasteiger partial charge >= 0.3 is 0 Å². The Kier molecular flexibility index (Phi) is 10.2. The zero-order valence-corrected chi connectivity index (χ0v) is 14.1. The first-order valence-corrected chi connectivity index (χ1v) is 7.56. The lowest BCUT2D eigenvalue weighted by molar-refractivity contribution is -0.120. The molecule has 7 heteroatoms. The van der Waals surface area contributed by atoms with Gasteiger partial charge in [-0.1, -0.05) is 6.92 Å². The number of carbonyl (C=O) groups is 1. The van der Waals surface area contributed by atoms with Gasteiger partial charge in [0.1, 0.15) is 0 Å². The van der Waals surface area contributed by atoms with Gasteiger partial charge in [-0.25, -0.2) is 4.98 Å². The van der Waals surface area contributed by atoms with Gasteiger partial charge in [-0.2, -0.15) is 0 Å². The quantitative estimate of drug-likeness (QED) is 0.835. The van der Waals surface area contributed by atoms with E-state index in [1.807, 2.05) is 5.38 Å². The van der Waals surface area contributed by atoms with Crippen LogP contribution in [0.15, 0.2) is 5.38 Å². The van der Waals surface area contributed by atoms with E-state index in [1.54, 1.807) is 11.3 Å². The molecule has 0 radical (unpaired) electrons. The first kappa shape index (κ1) is 19.6. The third-order valence-electron chi connectivity index (χ3n) is 3.28. The molecule has 4 nitrogen and oxygen atoms in total. The van der Waals surface area contributed by atoms with Crippen molar-refractivity contribution in [1.29, 1.82) is 0 Å². The summed E-state index contributed by atoms with van der Waals surface area (Å²) < 4.78 is 0. The highest BCUT2D eigenvalue weighted by Gasteiger charge is 2.14. The van der Waals surface area contributed by atoms with Crippen LogP contribution in [0.2, 0.25) is 0 Å². The molecule has 1 unspecified atom stereocenters. The standard InChI is InChI=1S/C13H21N3OS.2ClH/c1-2-13-16-11(9-18-13)7-12(17)15-6-4-10-3-5-14-8-10;;/h9-10,14H,2-8H2,1H3,(H,15,17);2*1H. The summed E-state index contributed by atoms with van der Waals surface area (Å²) >= 11 is 1.64. The van der Waals surface area contributed by atoms with Gasteiger partial charge in [-0.3, -0.25) is 4.79 Å². The smallest absolute Gasteiger partial charge is 0.226 e. The predicted octanol–water partition coefficient (Wildman–Crippen LogP) is 2.21. The van der Waals surface area contributed by atoms with E-state index < -0.39 is 0 Å². The molecule has 1 aromatic heterocycles. The molecule has 116 valence electrons. The zero-order valence-electron chi connectivity index (χ0n) is 11.7. The Morgan fingerprint density at radius 3 is 2.95 bits per heavy atom. The summed E-state index contributed by atoms with van der Waals surface area (Å²) in [6.45, 7) is 5.09. The van der Waals surface area contributed by atoms with Crippen molar-refractivity contribution in [2.45, 2.75) is 32.6 Å². The molecule has 0 saturated carbocycles. The van der Waals surface area contributed by atoms with E-state index in [0.717, 1.165) is 49.1 Å². The SMILES string of the molecule is CCc1nc(CC(=O)NCCC2CCNC2)cs1.Cl.Cl. The molecule has 2 N–H and O–H groups in total. The van der Waals surface area contributed by atoms with Crippen molar-refractivity contribution in [3.05, 3.63) is 16.1 Å². The summed E-state index contributed by atoms with van der Waals surface area (Å²) in [5, 5.41) is 9.41. The number of hydrogen-bond donors (Lipinski definition) is 2. The Morgan fingerprint density at radius 2 is 2.35 bits per heavy atom. The second kappa shape index (κ2) is 10.4. The molecule has 0 spiro atoms. The summed E-state index contributed by atoms with van der Waals surface area (Å²) in [5.74, 6) is 0.824. The van der Waals surface area contributed by atoms with Crippen LogP contribution in [-0.4, -0.2) is 30.5 Å². The molecule has 1 aliphatic heterocycles. The third kappa shape index (κ3) is 6.39. The summed E-state index contributed by atoms with van der Waals surface area (Å²) in [6, 6.07) is 0. The summed E-state index contributed by atoms with van der Waals surface area (Å²) in [4.78, 5) is 16.1.